The van der Waals surface area contributed by atoms with Gasteiger partial charge in [0.15, 0.2) is 0 Å². The second kappa shape index (κ2) is 4.95. The number of hydrogen-bond donors (Lipinski definition) is 1. The van der Waals surface area contributed by atoms with Crippen molar-refractivity contribution in [1.29, 1.82) is 5.26 Å². The van der Waals surface area contributed by atoms with Gasteiger partial charge in [-0.15, -0.1) is 0 Å². The summed E-state index contributed by atoms with van der Waals surface area (Å²) < 4.78 is 0. The first-order valence-electron chi connectivity index (χ1n) is 5.58. The molecule has 1 N–H and O–H groups in total. The summed E-state index contributed by atoms with van der Waals surface area (Å²) in [5, 5.41) is 12.4. The van der Waals surface area contributed by atoms with Crippen molar-refractivity contribution >= 4 is 0 Å². The van der Waals surface area contributed by atoms with E-state index in [4.69, 9.17) is 5.26 Å². The molecule has 1 aliphatic carbocycles. The largest absolute Gasteiger partial charge is 0.306 e. The molecule has 1 aromatic carbocycles. The quantitative estimate of drug-likeness (QED) is 0.811. The van der Waals surface area contributed by atoms with Gasteiger partial charge < -0.3 is 5.32 Å². The highest BCUT2D eigenvalue weighted by Crippen LogP contribution is 2.24. The lowest BCUT2D eigenvalue weighted by Crippen LogP contribution is -2.37. The summed E-state index contributed by atoms with van der Waals surface area (Å²) in [6.07, 6.45) is 4.40. The van der Waals surface area contributed by atoms with Gasteiger partial charge in [-0.25, -0.2) is 0 Å². The van der Waals surface area contributed by atoms with Crippen LogP contribution in [0.25, 0.3) is 0 Å². The summed E-state index contributed by atoms with van der Waals surface area (Å²) in [6.45, 7) is 0. The minimum atomic E-state index is 0.210. The van der Waals surface area contributed by atoms with E-state index in [0.717, 1.165) is 0 Å². The topological polar surface area (TPSA) is 35.8 Å². The van der Waals surface area contributed by atoms with E-state index < -0.39 is 0 Å². The van der Waals surface area contributed by atoms with Gasteiger partial charge in [0.1, 0.15) is 0 Å². The Hall–Kier alpha value is -1.33. The maximum atomic E-state index is 8.81. The zero-order chi connectivity index (χ0) is 10.5. The molecule has 0 saturated heterocycles. The monoisotopic (exact) mass is 200 g/mol. The summed E-state index contributed by atoms with van der Waals surface area (Å²) in [5.41, 5.74) is 1.23. The van der Waals surface area contributed by atoms with E-state index in [0.29, 0.717) is 12.5 Å². The lowest BCUT2D eigenvalue weighted by Gasteiger charge is -2.30. The van der Waals surface area contributed by atoms with Crippen molar-refractivity contribution in [2.45, 2.75) is 37.8 Å². The highest BCUT2D eigenvalue weighted by molar-refractivity contribution is 5.20. The second-order valence-electron chi connectivity index (χ2n) is 4.12. The smallest absolute Gasteiger partial charge is 0.0641 e. The molecule has 0 bridgehead atoms. The van der Waals surface area contributed by atoms with Crippen molar-refractivity contribution in [3.8, 4) is 6.07 Å². The van der Waals surface area contributed by atoms with Gasteiger partial charge in [-0.05, 0) is 18.4 Å². The van der Waals surface area contributed by atoms with E-state index in [1.165, 1.54) is 24.8 Å². The molecule has 1 fully saturated rings. The summed E-state index contributed by atoms with van der Waals surface area (Å²) in [7, 11) is 0. The summed E-state index contributed by atoms with van der Waals surface area (Å²) in [4.78, 5) is 0. The molecule has 0 spiro atoms. The number of nitrogens with zero attached hydrogens (tertiary/aromatic N) is 1. The zero-order valence-electron chi connectivity index (χ0n) is 8.82. The van der Waals surface area contributed by atoms with Crippen molar-refractivity contribution in [3.05, 3.63) is 35.9 Å². The Kier molecular flexibility index (Phi) is 3.37. The molecule has 1 saturated carbocycles. The SMILES string of the molecule is N#CCC(NC1CCC1)c1ccccc1. The third-order valence-electron chi connectivity index (χ3n) is 3.04. The van der Waals surface area contributed by atoms with Gasteiger partial charge in [-0.2, -0.15) is 5.26 Å². The van der Waals surface area contributed by atoms with E-state index in [1.807, 2.05) is 18.2 Å². The molecule has 2 rings (SSSR count). The third kappa shape index (κ3) is 2.57. The van der Waals surface area contributed by atoms with Crippen LogP contribution in [0.5, 0.6) is 0 Å². The lowest BCUT2D eigenvalue weighted by molar-refractivity contribution is 0.306. The number of nitrogens with one attached hydrogen (secondary N) is 1. The Morgan fingerprint density at radius 1 is 1.33 bits per heavy atom. The fraction of sp³-hybridized carbons (Fsp3) is 0.462. The third-order valence-corrected chi connectivity index (χ3v) is 3.04. The van der Waals surface area contributed by atoms with Gasteiger partial charge in [-0.1, -0.05) is 36.8 Å². The molecule has 0 heterocycles. The molecule has 0 aliphatic heterocycles. The van der Waals surface area contributed by atoms with Gasteiger partial charge >= 0.3 is 0 Å². The number of rotatable bonds is 4. The molecule has 2 heteroatoms. The minimum Gasteiger partial charge on any atom is -0.306 e. The molecule has 0 aromatic heterocycles. The van der Waals surface area contributed by atoms with Crippen LogP contribution in [0.1, 0.15) is 37.3 Å². The summed E-state index contributed by atoms with van der Waals surface area (Å²) in [5.74, 6) is 0. The number of nitriles is 1. The highest BCUT2D eigenvalue weighted by atomic mass is 15.0. The molecule has 1 unspecified atom stereocenters. The Morgan fingerprint density at radius 2 is 2.07 bits per heavy atom. The van der Waals surface area contributed by atoms with E-state index >= 15 is 0 Å². The van der Waals surface area contributed by atoms with Gasteiger partial charge in [-0.3, -0.25) is 0 Å². The normalized spacial score (nSPS) is 17.8. The molecular weight excluding hydrogens is 184 g/mol. The van der Waals surface area contributed by atoms with E-state index in [-0.39, 0.29) is 6.04 Å². The molecule has 1 atom stereocenters. The average molecular weight is 200 g/mol. The molecule has 1 aromatic rings. The molecule has 15 heavy (non-hydrogen) atoms. The minimum absolute atomic E-state index is 0.210. The van der Waals surface area contributed by atoms with Crippen molar-refractivity contribution in [2.24, 2.45) is 0 Å². The van der Waals surface area contributed by atoms with E-state index in [2.05, 4.69) is 23.5 Å². The van der Waals surface area contributed by atoms with Crippen molar-refractivity contribution in [2.75, 3.05) is 0 Å². The molecule has 0 radical (unpaired) electrons. The van der Waals surface area contributed by atoms with Gasteiger partial charge in [0, 0.05) is 12.1 Å². The van der Waals surface area contributed by atoms with Crippen LogP contribution in [0.2, 0.25) is 0 Å². The summed E-state index contributed by atoms with van der Waals surface area (Å²) >= 11 is 0. The van der Waals surface area contributed by atoms with Gasteiger partial charge in [0.2, 0.25) is 0 Å². The van der Waals surface area contributed by atoms with Crippen LogP contribution < -0.4 is 5.32 Å². The fourth-order valence-corrected chi connectivity index (χ4v) is 1.91. The predicted molar refractivity (Wildman–Crippen MR) is 60.2 cm³/mol. The van der Waals surface area contributed by atoms with Crippen LogP contribution in [0.15, 0.2) is 30.3 Å². The van der Waals surface area contributed by atoms with Crippen molar-refractivity contribution in [1.82, 2.24) is 5.32 Å². The molecule has 0 amide bonds. The first-order valence-corrected chi connectivity index (χ1v) is 5.58. The van der Waals surface area contributed by atoms with Gasteiger partial charge in [0.05, 0.1) is 12.5 Å². The van der Waals surface area contributed by atoms with Crippen LogP contribution in [0.3, 0.4) is 0 Å². The Balaban J connectivity index is 2.02. The average Bonchev–Trinajstić information content (AvgIpc) is 2.23. The maximum Gasteiger partial charge on any atom is 0.0641 e. The fourth-order valence-electron chi connectivity index (χ4n) is 1.91. The number of hydrogen-bond acceptors (Lipinski definition) is 2. The molecule has 2 nitrogen and oxygen atoms in total. The molecule has 1 aliphatic rings. The van der Waals surface area contributed by atoms with Crippen LogP contribution in [0, 0.1) is 11.3 Å². The first-order chi connectivity index (χ1) is 7.40. The zero-order valence-corrected chi connectivity index (χ0v) is 8.82. The predicted octanol–water partition coefficient (Wildman–Crippen LogP) is 2.78. The lowest BCUT2D eigenvalue weighted by atomic mass is 9.91. The van der Waals surface area contributed by atoms with E-state index in [9.17, 15) is 0 Å². The Labute approximate surface area is 90.9 Å². The highest BCUT2D eigenvalue weighted by Gasteiger charge is 2.21. The number of benzene rings is 1. The first kappa shape index (κ1) is 10.2. The second-order valence-corrected chi connectivity index (χ2v) is 4.12. The molecule has 78 valence electrons. The standard InChI is InChI=1S/C13H16N2/c14-10-9-13(15-12-7-4-8-12)11-5-2-1-3-6-11/h1-3,5-6,12-13,15H,4,7-9H2. The Morgan fingerprint density at radius 3 is 2.60 bits per heavy atom. The van der Waals surface area contributed by atoms with Crippen molar-refractivity contribution < 1.29 is 0 Å². The van der Waals surface area contributed by atoms with Gasteiger partial charge in [0.25, 0.3) is 0 Å². The van der Waals surface area contributed by atoms with Crippen LogP contribution in [-0.4, -0.2) is 6.04 Å². The van der Waals surface area contributed by atoms with Crippen LogP contribution >= 0.6 is 0 Å². The van der Waals surface area contributed by atoms with Crippen molar-refractivity contribution in [3.63, 3.8) is 0 Å². The summed E-state index contributed by atoms with van der Waals surface area (Å²) in [6, 6.07) is 13.3. The van der Waals surface area contributed by atoms with Crippen LogP contribution in [0.4, 0.5) is 0 Å². The van der Waals surface area contributed by atoms with E-state index in [1.54, 1.807) is 0 Å². The maximum absolute atomic E-state index is 8.81. The van der Waals surface area contributed by atoms with Crippen LogP contribution in [-0.2, 0) is 0 Å². The Bertz CT molecular complexity index is 335. The molecular formula is C13H16N2.